The number of nitrogens with zero attached hydrogens (tertiary/aromatic N) is 1. The Morgan fingerprint density at radius 1 is 1.03 bits per heavy atom. The van der Waals surface area contributed by atoms with Crippen molar-refractivity contribution in [2.24, 2.45) is 0 Å². The van der Waals surface area contributed by atoms with Crippen LogP contribution in [0, 0.1) is 10.1 Å². The van der Waals surface area contributed by atoms with Gasteiger partial charge >= 0.3 is 17.9 Å². The van der Waals surface area contributed by atoms with Crippen molar-refractivity contribution < 1.29 is 39.0 Å². The minimum absolute atomic E-state index is 0.177. The number of rotatable bonds is 9. The molecule has 0 saturated heterocycles. The Labute approximate surface area is 167 Å². The number of para-hydroxylation sites is 1. The van der Waals surface area contributed by atoms with E-state index in [1.807, 2.05) is 0 Å². The summed E-state index contributed by atoms with van der Waals surface area (Å²) >= 11 is 0. The molecule has 1 aromatic heterocycles. The van der Waals surface area contributed by atoms with Crippen LogP contribution in [0.1, 0.15) is 24.4 Å². The average molecular weight is 416 g/mol. The minimum atomic E-state index is -1.77. The Morgan fingerprint density at radius 3 is 2.33 bits per heavy atom. The van der Waals surface area contributed by atoms with Crippen molar-refractivity contribution in [1.82, 2.24) is 5.32 Å². The third-order valence-corrected chi connectivity index (χ3v) is 4.59. The SMILES string of the molecule is O=C(O)CCC(NC(C(=O)O)c1cc2c(cc1[N+](=O)[O-])oc1ccccc12)C(=O)O. The lowest BCUT2D eigenvalue weighted by Gasteiger charge is -2.20. The second-order valence-corrected chi connectivity index (χ2v) is 6.52. The average Bonchev–Trinajstić information content (AvgIpc) is 3.04. The highest BCUT2D eigenvalue weighted by Gasteiger charge is 2.33. The molecule has 2 aromatic carbocycles. The smallest absolute Gasteiger partial charge is 0.325 e. The summed E-state index contributed by atoms with van der Waals surface area (Å²) in [7, 11) is 0. The standard InChI is InChI=1S/C19H16N2O9/c22-16(23)6-5-12(18(24)25)20-17(19(26)27)11-7-10-9-3-1-2-4-14(9)30-15(10)8-13(11)21(28)29/h1-4,7-8,12,17,20H,5-6H2,(H,22,23)(H,24,25)(H,26,27). The van der Waals surface area contributed by atoms with Gasteiger partial charge in [-0.25, -0.2) is 0 Å². The van der Waals surface area contributed by atoms with Crippen LogP contribution in [0.15, 0.2) is 40.8 Å². The van der Waals surface area contributed by atoms with Gasteiger partial charge in [0, 0.05) is 17.2 Å². The summed E-state index contributed by atoms with van der Waals surface area (Å²) in [6.45, 7) is 0. The molecule has 2 unspecified atom stereocenters. The number of carbonyl (C=O) groups is 3. The molecule has 11 nitrogen and oxygen atoms in total. The zero-order chi connectivity index (χ0) is 22.0. The summed E-state index contributed by atoms with van der Waals surface area (Å²) in [5.74, 6) is -4.28. The van der Waals surface area contributed by atoms with E-state index in [9.17, 15) is 34.7 Å². The highest BCUT2D eigenvalue weighted by molar-refractivity contribution is 6.06. The Bertz CT molecular complexity index is 1170. The molecule has 156 valence electrons. The van der Waals surface area contributed by atoms with Crippen molar-refractivity contribution in [2.45, 2.75) is 24.9 Å². The lowest BCUT2D eigenvalue weighted by molar-refractivity contribution is -0.385. The third-order valence-electron chi connectivity index (χ3n) is 4.59. The van der Waals surface area contributed by atoms with Crippen LogP contribution in [-0.4, -0.2) is 44.2 Å². The van der Waals surface area contributed by atoms with E-state index in [2.05, 4.69) is 5.32 Å². The Morgan fingerprint density at radius 2 is 1.73 bits per heavy atom. The van der Waals surface area contributed by atoms with Crippen molar-refractivity contribution in [3.63, 3.8) is 0 Å². The van der Waals surface area contributed by atoms with Crippen molar-refractivity contribution in [3.8, 4) is 0 Å². The largest absolute Gasteiger partial charge is 0.481 e. The van der Waals surface area contributed by atoms with Crippen LogP contribution in [0.25, 0.3) is 21.9 Å². The Kier molecular flexibility index (Phi) is 5.65. The summed E-state index contributed by atoms with van der Waals surface area (Å²) in [4.78, 5) is 44.9. The molecule has 0 amide bonds. The topological polar surface area (TPSA) is 180 Å². The number of fused-ring (bicyclic) bond motifs is 3. The van der Waals surface area contributed by atoms with Gasteiger partial charge < -0.3 is 19.7 Å². The first kappa shape index (κ1) is 20.7. The number of furan rings is 1. The highest BCUT2D eigenvalue weighted by atomic mass is 16.6. The van der Waals surface area contributed by atoms with Crippen LogP contribution in [0.3, 0.4) is 0 Å². The molecule has 2 atom stereocenters. The van der Waals surface area contributed by atoms with Gasteiger partial charge in [0.2, 0.25) is 0 Å². The number of hydrogen-bond donors (Lipinski definition) is 4. The van der Waals surface area contributed by atoms with E-state index in [1.165, 1.54) is 6.07 Å². The van der Waals surface area contributed by atoms with Gasteiger partial charge in [0.15, 0.2) is 0 Å². The molecule has 0 aliphatic rings. The number of nitrogens with one attached hydrogen (secondary N) is 1. The first-order valence-electron chi connectivity index (χ1n) is 8.72. The van der Waals surface area contributed by atoms with Gasteiger partial charge in [0.25, 0.3) is 5.69 Å². The highest BCUT2D eigenvalue weighted by Crippen LogP contribution is 2.36. The fourth-order valence-electron chi connectivity index (χ4n) is 3.21. The summed E-state index contributed by atoms with van der Waals surface area (Å²) in [5.41, 5.74) is -0.211. The molecule has 4 N–H and O–H groups in total. The van der Waals surface area contributed by atoms with Crippen LogP contribution in [-0.2, 0) is 14.4 Å². The number of hydrogen-bond acceptors (Lipinski definition) is 7. The lowest BCUT2D eigenvalue weighted by Crippen LogP contribution is -2.42. The van der Waals surface area contributed by atoms with Gasteiger partial charge in [-0.2, -0.15) is 0 Å². The van der Waals surface area contributed by atoms with Gasteiger partial charge in [-0.15, -0.1) is 0 Å². The van der Waals surface area contributed by atoms with E-state index in [0.29, 0.717) is 16.4 Å². The van der Waals surface area contributed by atoms with E-state index in [1.54, 1.807) is 24.3 Å². The van der Waals surface area contributed by atoms with Crippen molar-refractivity contribution in [2.75, 3.05) is 0 Å². The summed E-state index contributed by atoms with van der Waals surface area (Å²) in [6, 6.07) is 5.85. The molecule has 11 heteroatoms. The Hall–Kier alpha value is -3.99. The predicted molar refractivity (Wildman–Crippen MR) is 102 cm³/mol. The van der Waals surface area contributed by atoms with Gasteiger partial charge in [0.1, 0.15) is 23.2 Å². The molecule has 0 fully saturated rings. The molecule has 0 spiro atoms. The molecule has 0 saturated carbocycles. The van der Waals surface area contributed by atoms with Crippen LogP contribution >= 0.6 is 0 Å². The molecule has 0 aliphatic heterocycles. The molecule has 0 aliphatic carbocycles. The van der Waals surface area contributed by atoms with Crippen LogP contribution in [0.4, 0.5) is 5.69 Å². The van der Waals surface area contributed by atoms with E-state index in [-0.39, 0.29) is 11.1 Å². The van der Waals surface area contributed by atoms with Crippen LogP contribution in [0.5, 0.6) is 0 Å². The van der Waals surface area contributed by atoms with E-state index < -0.39 is 53.4 Å². The first-order chi connectivity index (χ1) is 14.2. The van der Waals surface area contributed by atoms with Gasteiger partial charge in [-0.3, -0.25) is 29.8 Å². The van der Waals surface area contributed by atoms with E-state index in [4.69, 9.17) is 9.52 Å². The molecule has 0 radical (unpaired) electrons. The summed E-state index contributed by atoms with van der Waals surface area (Å²) in [6.07, 6.45) is -0.928. The molecule has 3 rings (SSSR count). The number of carboxylic acids is 3. The van der Waals surface area contributed by atoms with Gasteiger partial charge in [-0.1, -0.05) is 18.2 Å². The summed E-state index contributed by atoms with van der Waals surface area (Å²) < 4.78 is 5.59. The second kappa shape index (κ2) is 8.17. The number of aliphatic carboxylic acids is 3. The normalized spacial score (nSPS) is 13.2. The zero-order valence-electron chi connectivity index (χ0n) is 15.3. The second-order valence-electron chi connectivity index (χ2n) is 6.52. The molecule has 3 aromatic rings. The third kappa shape index (κ3) is 4.05. The fraction of sp³-hybridized carbons (Fsp3) is 0.211. The number of benzene rings is 2. The van der Waals surface area contributed by atoms with Crippen molar-refractivity contribution in [1.29, 1.82) is 0 Å². The summed E-state index contributed by atoms with van der Waals surface area (Å²) in [5, 5.41) is 42.7. The molecular weight excluding hydrogens is 400 g/mol. The molecule has 30 heavy (non-hydrogen) atoms. The van der Waals surface area contributed by atoms with Gasteiger partial charge in [0.05, 0.1) is 16.6 Å². The minimum Gasteiger partial charge on any atom is -0.481 e. The maximum absolute atomic E-state index is 11.9. The lowest BCUT2D eigenvalue weighted by atomic mass is 9.99. The number of nitro groups is 1. The quantitative estimate of drug-likeness (QED) is 0.299. The predicted octanol–water partition coefficient (Wildman–Crippen LogP) is 2.53. The molecule has 0 bridgehead atoms. The monoisotopic (exact) mass is 416 g/mol. The van der Waals surface area contributed by atoms with E-state index >= 15 is 0 Å². The van der Waals surface area contributed by atoms with Crippen LogP contribution in [0.2, 0.25) is 0 Å². The Balaban J connectivity index is 2.13. The fourth-order valence-corrected chi connectivity index (χ4v) is 3.21. The van der Waals surface area contributed by atoms with Crippen molar-refractivity contribution >= 4 is 45.5 Å². The van der Waals surface area contributed by atoms with E-state index in [0.717, 1.165) is 6.07 Å². The van der Waals surface area contributed by atoms with Crippen LogP contribution < -0.4 is 5.32 Å². The van der Waals surface area contributed by atoms with Gasteiger partial charge in [-0.05, 0) is 18.6 Å². The van der Waals surface area contributed by atoms with Crippen molar-refractivity contribution in [3.05, 3.63) is 52.1 Å². The maximum Gasteiger partial charge on any atom is 0.325 e. The first-order valence-corrected chi connectivity index (χ1v) is 8.72. The molecular formula is C19H16N2O9. The zero-order valence-corrected chi connectivity index (χ0v) is 15.3. The maximum atomic E-state index is 11.9. The molecule has 1 heterocycles. The number of nitro benzene ring substituents is 1. The number of carboxylic acid groups (broad SMARTS) is 3.